The number of nitrogens with two attached hydrogens (primary N) is 1. The van der Waals surface area contributed by atoms with E-state index in [1.54, 1.807) is 0 Å². The maximum atomic E-state index is 7.16. The van der Waals surface area contributed by atoms with E-state index in [1.807, 2.05) is 0 Å². The van der Waals surface area contributed by atoms with Crippen LogP contribution in [0.5, 0.6) is 11.5 Å². The van der Waals surface area contributed by atoms with Crippen molar-refractivity contribution >= 4 is 28.9 Å². The number of benzene rings is 1. The van der Waals surface area contributed by atoms with Crippen molar-refractivity contribution in [3.05, 3.63) is 17.2 Å². The van der Waals surface area contributed by atoms with Crippen molar-refractivity contribution in [1.82, 2.24) is 0 Å². The number of hydrogen-bond donors (Lipinski definition) is 1. The maximum absolute atomic E-state index is 7.16. The molecule has 352 valence electrons. The van der Waals surface area contributed by atoms with E-state index in [0.717, 1.165) is 67.8 Å². The van der Waals surface area contributed by atoms with Gasteiger partial charge in [-0.15, -0.1) is 23.2 Å². The lowest BCUT2D eigenvalue weighted by Crippen LogP contribution is -2.10. The number of ether oxygens (including phenoxy) is 2. The summed E-state index contributed by atoms with van der Waals surface area (Å²) in [7, 11) is 0. The highest BCUT2D eigenvalue weighted by Crippen LogP contribution is 2.40. The number of fused-ring (bicyclic) bond motifs is 2. The Morgan fingerprint density at radius 3 is 0.983 bits per heavy atom. The van der Waals surface area contributed by atoms with Gasteiger partial charge < -0.3 is 15.2 Å². The van der Waals surface area contributed by atoms with Crippen LogP contribution in [0.4, 0.5) is 5.69 Å². The van der Waals surface area contributed by atoms with E-state index < -0.39 is 0 Å². The summed E-state index contributed by atoms with van der Waals surface area (Å²) in [4.78, 5) is 0. The molecule has 5 heteroatoms. The summed E-state index contributed by atoms with van der Waals surface area (Å²) in [5.41, 5.74) is 10.7. The van der Waals surface area contributed by atoms with E-state index in [1.165, 1.54) is 274 Å². The highest BCUT2D eigenvalue weighted by atomic mass is 35.5. The largest absolute Gasteiger partial charge is 0.490 e. The fraction of sp³-hybridized carbons (Fsp3) is 0.891. The zero-order valence-electron chi connectivity index (χ0n) is 39.9. The van der Waals surface area contributed by atoms with E-state index in [4.69, 9.17) is 38.4 Å². The molecule has 0 aliphatic heterocycles. The third-order valence-electron chi connectivity index (χ3n) is 13.4. The molecule has 0 atom stereocenters. The van der Waals surface area contributed by atoms with E-state index in [-0.39, 0.29) is 0 Å². The second-order valence-electron chi connectivity index (χ2n) is 19.0. The van der Waals surface area contributed by atoms with Crippen LogP contribution in [0.25, 0.3) is 0 Å². The van der Waals surface area contributed by atoms with Crippen molar-refractivity contribution < 1.29 is 9.47 Å². The fourth-order valence-electron chi connectivity index (χ4n) is 9.39. The molecule has 1 aliphatic rings. The Hall–Kier alpha value is -0.800. The molecule has 60 heavy (non-hydrogen) atoms. The number of nitrogen functional groups attached to an aromatic ring is 1. The van der Waals surface area contributed by atoms with Crippen LogP contribution < -0.4 is 15.2 Å². The molecule has 3 nitrogen and oxygen atoms in total. The van der Waals surface area contributed by atoms with Crippen LogP contribution in [0.2, 0.25) is 0 Å². The SMILES string of the molecule is Nc1c2cc(OCCCCCCCCCCCCCl)c(OCCCCCCCCCCCCCl)c1CCCCCCCCCCCCCCCCCCCCCCCCC2. The van der Waals surface area contributed by atoms with Crippen molar-refractivity contribution in [2.24, 2.45) is 0 Å². The zero-order valence-corrected chi connectivity index (χ0v) is 41.4. The van der Waals surface area contributed by atoms with Crippen LogP contribution in [-0.2, 0) is 12.8 Å². The molecule has 2 bridgehead atoms. The fourth-order valence-corrected chi connectivity index (χ4v) is 9.77. The van der Waals surface area contributed by atoms with Crippen LogP contribution in [0.1, 0.15) is 287 Å². The molecule has 0 amide bonds. The molecule has 0 radical (unpaired) electrons. The van der Waals surface area contributed by atoms with Gasteiger partial charge in [-0.2, -0.15) is 0 Å². The quantitative estimate of drug-likeness (QED) is 0.0573. The topological polar surface area (TPSA) is 44.5 Å². The van der Waals surface area contributed by atoms with Crippen LogP contribution in [0, 0.1) is 0 Å². The highest BCUT2D eigenvalue weighted by molar-refractivity contribution is 6.18. The average molecular weight is 879 g/mol. The zero-order chi connectivity index (χ0) is 42.7. The van der Waals surface area contributed by atoms with Gasteiger partial charge in [0.05, 0.1) is 13.2 Å². The standard InChI is InChI=1S/C55H101Cl2NO2/c56-46-40-34-28-22-16-18-24-30-36-42-48-59-53-50-51-44-38-32-26-20-14-12-10-8-6-4-2-1-3-5-7-9-11-13-15-21-27-33-39-45-52(54(51)58)55(53)60-49-43-37-31-25-19-17-23-29-35-41-47-57/h50H,1-49,58H2. The molecule has 0 aromatic heterocycles. The Morgan fingerprint density at radius 1 is 0.350 bits per heavy atom. The van der Waals surface area contributed by atoms with Crippen LogP contribution in [-0.4, -0.2) is 25.0 Å². The first kappa shape index (κ1) is 55.3. The van der Waals surface area contributed by atoms with Gasteiger partial charge in [0.15, 0.2) is 11.5 Å². The second-order valence-corrected chi connectivity index (χ2v) is 19.8. The van der Waals surface area contributed by atoms with Crippen molar-refractivity contribution in [2.75, 3.05) is 30.7 Å². The lowest BCUT2D eigenvalue weighted by molar-refractivity contribution is 0.256. The molecule has 1 aliphatic carbocycles. The van der Waals surface area contributed by atoms with Gasteiger partial charge in [0, 0.05) is 23.0 Å². The molecule has 0 saturated heterocycles. The minimum atomic E-state index is 0.756. The molecule has 0 saturated carbocycles. The summed E-state index contributed by atoms with van der Waals surface area (Å²) in [6.07, 6.45) is 59.8. The van der Waals surface area contributed by atoms with Gasteiger partial charge in [0.2, 0.25) is 0 Å². The second kappa shape index (κ2) is 43.5. The predicted molar refractivity (Wildman–Crippen MR) is 269 cm³/mol. The third kappa shape index (κ3) is 31.9. The molecule has 2 rings (SSSR count). The summed E-state index contributed by atoms with van der Waals surface area (Å²) < 4.78 is 13.5. The molecule has 0 heterocycles. The van der Waals surface area contributed by atoms with Gasteiger partial charge in [0.25, 0.3) is 0 Å². The lowest BCUT2D eigenvalue weighted by Gasteiger charge is -2.21. The Morgan fingerprint density at radius 2 is 0.633 bits per heavy atom. The first-order chi connectivity index (χ1) is 29.8. The molecule has 2 N–H and O–H groups in total. The predicted octanol–water partition coefficient (Wildman–Crippen LogP) is 19.4. The summed E-state index contributed by atoms with van der Waals surface area (Å²) in [5, 5.41) is 0. The normalized spacial score (nSPS) is 16.8. The summed E-state index contributed by atoms with van der Waals surface area (Å²) in [5.74, 6) is 3.57. The van der Waals surface area contributed by atoms with Crippen molar-refractivity contribution in [2.45, 2.75) is 289 Å². The monoisotopic (exact) mass is 878 g/mol. The average Bonchev–Trinajstić information content (AvgIpc) is 3.25. The molecule has 1 aromatic carbocycles. The van der Waals surface area contributed by atoms with Crippen LogP contribution >= 0.6 is 23.2 Å². The number of aryl methyl sites for hydroxylation is 1. The number of alkyl halides is 2. The van der Waals surface area contributed by atoms with E-state index in [2.05, 4.69) is 6.07 Å². The Labute approximate surface area is 384 Å². The number of anilines is 1. The molecule has 0 spiro atoms. The molecule has 0 fully saturated rings. The van der Waals surface area contributed by atoms with Crippen LogP contribution in [0.3, 0.4) is 0 Å². The molecular weight excluding hydrogens is 778 g/mol. The summed E-state index contributed by atoms with van der Waals surface area (Å²) in [6, 6.07) is 2.30. The third-order valence-corrected chi connectivity index (χ3v) is 13.9. The van der Waals surface area contributed by atoms with Crippen molar-refractivity contribution in [1.29, 1.82) is 0 Å². The first-order valence-electron chi connectivity index (χ1n) is 27.1. The number of hydrogen-bond acceptors (Lipinski definition) is 3. The van der Waals surface area contributed by atoms with Crippen LogP contribution in [0.15, 0.2) is 6.07 Å². The number of halogens is 2. The maximum Gasteiger partial charge on any atom is 0.166 e. The van der Waals surface area contributed by atoms with Gasteiger partial charge in [-0.05, 0) is 63.0 Å². The van der Waals surface area contributed by atoms with Gasteiger partial charge >= 0.3 is 0 Å². The first-order valence-corrected chi connectivity index (χ1v) is 28.2. The molecule has 0 unspecified atom stereocenters. The lowest BCUT2D eigenvalue weighted by atomic mass is 9.95. The molecule has 1 aromatic rings. The van der Waals surface area contributed by atoms with Crippen molar-refractivity contribution in [3.8, 4) is 11.5 Å². The minimum absolute atomic E-state index is 0.756. The Bertz CT molecular complexity index is 1050. The minimum Gasteiger partial charge on any atom is -0.490 e. The summed E-state index contributed by atoms with van der Waals surface area (Å²) in [6.45, 7) is 1.52. The van der Waals surface area contributed by atoms with Gasteiger partial charge in [-0.3, -0.25) is 0 Å². The van der Waals surface area contributed by atoms with Gasteiger partial charge in [0.1, 0.15) is 0 Å². The Balaban J connectivity index is 2.02. The van der Waals surface area contributed by atoms with Gasteiger partial charge in [-0.1, -0.05) is 238 Å². The van der Waals surface area contributed by atoms with E-state index in [9.17, 15) is 0 Å². The van der Waals surface area contributed by atoms with E-state index in [0.29, 0.717) is 0 Å². The highest BCUT2D eigenvalue weighted by Gasteiger charge is 2.19. The van der Waals surface area contributed by atoms with Crippen molar-refractivity contribution in [3.63, 3.8) is 0 Å². The van der Waals surface area contributed by atoms with E-state index >= 15 is 0 Å². The Kier molecular flexibility index (Phi) is 40.1. The number of rotatable bonds is 26. The smallest absolute Gasteiger partial charge is 0.166 e. The van der Waals surface area contributed by atoms with Gasteiger partial charge in [-0.25, -0.2) is 0 Å². The number of unbranched alkanes of at least 4 members (excludes halogenated alkanes) is 18. The summed E-state index contributed by atoms with van der Waals surface area (Å²) >= 11 is 11.7. The molecular formula is C55H101Cl2NO2.